The summed E-state index contributed by atoms with van der Waals surface area (Å²) in [6, 6.07) is 11.8. The van der Waals surface area contributed by atoms with Crippen LogP contribution >= 0.6 is 11.6 Å². The van der Waals surface area contributed by atoms with Crippen molar-refractivity contribution < 1.29 is 13.2 Å². The molecule has 7 heteroatoms. The van der Waals surface area contributed by atoms with Gasteiger partial charge < -0.3 is 5.32 Å². The summed E-state index contributed by atoms with van der Waals surface area (Å²) in [6.45, 7) is 5.06. The lowest BCUT2D eigenvalue weighted by molar-refractivity contribution is 0.0952. The van der Waals surface area contributed by atoms with Crippen LogP contribution in [0.3, 0.4) is 0 Å². The molecule has 0 bridgehead atoms. The Labute approximate surface area is 165 Å². The second-order valence-corrected chi connectivity index (χ2v) is 9.28. The van der Waals surface area contributed by atoms with Gasteiger partial charge in [-0.1, -0.05) is 43.6 Å². The van der Waals surface area contributed by atoms with Crippen molar-refractivity contribution in [2.45, 2.75) is 31.6 Å². The Morgan fingerprint density at radius 3 is 2.70 bits per heavy atom. The molecule has 3 rings (SSSR count). The molecular weight excluding hydrogens is 384 g/mol. The first kappa shape index (κ1) is 19.7. The molecular formula is C20H23ClN2O3S. The molecule has 0 unspecified atom stereocenters. The van der Waals surface area contributed by atoms with Gasteiger partial charge in [-0.2, -0.15) is 0 Å². The lowest BCUT2D eigenvalue weighted by Crippen LogP contribution is -2.30. The van der Waals surface area contributed by atoms with Crippen LogP contribution in [-0.2, 0) is 16.4 Å². The van der Waals surface area contributed by atoms with Crippen LogP contribution < -0.4 is 9.62 Å². The molecule has 144 valence electrons. The van der Waals surface area contributed by atoms with E-state index in [9.17, 15) is 13.2 Å². The van der Waals surface area contributed by atoms with Gasteiger partial charge in [-0.3, -0.25) is 9.10 Å². The minimum absolute atomic E-state index is 0.0441. The third kappa shape index (κ3) is 4.12. The van der Waals surface area contributed by atoms with E-state index in [1.54, 1.807) is 12.1 Å². The quantitative estimate of drug-likeness (QED) is 0.791. The van der Waals surface area contributed by atoms with Crippen LogP contribution in [-0.4, -0.2) is 27.4 Å². The highest BCUT2D eigenvalue weighted by atomic mass is 35.5. The number of amides is 1. The van der Waals surface area contributed by atoms with Gasteiger partial charge in [0, 0.05) is 18.7 Å². The summed E-state index contributed by atoms with van der Waals surface area (Å²) in [5.74, 6) is 0.173. The molecule has 5 nitrogen and oxygen atoms in total. The number of carbonyl (C=O) groups is 1. The highest BCUT2D eigenvalue weighted by Gasteiger charge is 2.32. The second kappa shape index (κ2) is 7.90. The Balaban J connectivity index is 1.89. The van der Waals surface area contributed by atoms with E-state index in [0.717, 1.165) is 12.0 Å². The Hall–Kier alpha value is -2.05. The molecule has 2 aromatic carbocycles. The monoisotopic (exact) mass is 406 g/mol. The van der Waals surface area contributed by atoms with Crippen LogP contribution in [0.25, 0.3) is 0 Å². The van der Waals surface area contributed by atoms with Gasteiger partial charge in [0.1, 0.15) is 4.90 Å². The van der Waals surface area contributed by atoms with E-state index in [4.69, 9.17) is 11.6 Å². The molecule has 0 saturated heterocycles. The number of anilines is 1. The second-order valence-electron chi connectivity index (χ2n) is 7.04. The van der Waals surface area contributed by atoms with Crippen molar-refractivity contribution in [2.75, 3.05) is 17.4 Å². The number of nitrogens with zero attached hydrogens (tertiary/aromatic N) is 1. The Morgan fingerprint density at radius 1 is 1.22 bits per heavy atom. The summed E-state index contributed by atoms with van der Waals surface area (Å²) in [6.07, 6.45) is 1.51. The van der Waals surface area contributed by atoms with Crippen LogP contribution in [0.5, 0.6) is 0 Å². The summed E-state index contributed by atoms with van der Waals surface area (Å²) in [5.41, 5.74) is 1.94. The number of halogens is 1. The predicted molar refractivity (Wildman–Crippen MR) is 108 cm³/mol. The molecule has 1 N–H and O–H groups in total. The third-order valence-corrected chi connectivity index (χ3v) is 6.91. The molecule has 0 radical (unpaired) electrons. The van der Waals surface area contributed by atoms with Crippen LogP contribution in [0.2, 0.25) is 5.02 Å². The average Bonchev–Trinajstić information content (AvgIpc) is 3.06. The van der Waals surface area contributed by atoms with E-state index >= 15 is 0 Å². The number of hydrogen-bond acceptors (Lipinski definition) is 3. The van der Waals surface area contributed by atoms with Gasteiger partial charge >= 0.3 is 0 Å². The van der Waals surface area contributed by atoms with Crippen molar-refractivity contribution in [3.05, 3.63) is 58.6 Å². The maximum atomic E-state index is 13.2. The number of sulfonamides is 1. The van der Waals surface area contributed by atoms with Crippen LogP contribution in [0.1, 0.15) is 36.2 Å². The molecule has 0 spiro atoms. The zero-order chi connectivity index (χ0) is 19.6. The topological polar surface area (TPSA) is 66.5 Å². The minimum atomic E-state index is -3.85. The standard InChI is InChI=1S/C20H23ClN2O3S/c1-14(2)9-11-22-20(24)16-7-8-17(21)19(13-16)27(25,26)23-12-10-15-5-3-4-6-18(15)23/h3-8,13-14H,9-12H2,1-2H3,(H,22,24). The molecule has 2 aromatic rings. The van der Waals surface area contributed by atoms with Gasteiger partial charge in [0.05, 0.1) is 10.7 Å². The summed E-state index contributed by atoms with van der Waals surface area (Å²) >= 11 is 6.20. The number of carbonyl (C=O) groups excluding carboxylic acids is 1. The Morgan fingerprint density at radius 2 is 1.96 bits per heavy atom. The van der Waals surface area contributed by atoms with Crippen molar-refractivity contribution in [3.63, 3.8) is 0 Å². The lowest BCUT2D eigenvalue weighted by Gasteiger charge is -2.20. The molecule has 0 aromatic heterocycles. The Bertz CT molecular complexity index is 957. The van der Waals surface area contributed by atoms with Crippen molar-refractivity contribution in [1.29, 1.82) is 0 Å². The maximum absolute atomic E-state index is 13.2. The number of fused-ring (bicyclic) bond motifs is 1. The van der Waals surface area contributed by atoms with Gasteiger partial charge in [-0.25, -0.2) is 8.42 Å². The van der Waals surface area contributed by atoms with Crippen molar-refractivity contribution >= 4 is 33.2 Å². The van der Waals surface area contributed by atoms with E-state index in [-0.39, 0.29) is 21.4 Å². The third-order valence-electron chi connectivity index (χ3n) is 4.61. The van der Waals surface area contributed by atoms with Gasteiger partial charge in [-0.05, 0) is 48.6 Å². The fourth-order valence-corrected chi connectivity index (χ4v) is 5.10. The summed E-state index contributed by atoms with van der Waals surface area (Å²) in [7, 11) is -3.85. The molecule has 0 atom stereocenters. The average molecular weight is 407 g/mol. The molecule has 1 aliphatic rings. The molecule has 27 heavy (non-hydrogen) atoms. The largest absolute Gasteiger partial charge is 0.352 e. The summed E-state index contributed by atoms with van der Waals surface area (Å²) < 4.78 is 27.8. The predicted octanol–water partition coefficient (Wildman–Crippen LogP) is 3.87. The fraction of sp³-hybridized carbons (Fsp3) is 0.350. The van der Waals surface area contributed by atoms with E-state index in [0.29, 0.717) is 31.1 Å². The van der Waals surface area contributed by atoms with E-state index < -0.39 is 10.0 Å². The van der Waals surface area contributed by atoms with Gasteiger partial charge in [-0.15, -0.1) is 0 Å². The first-order valence-corrected chi connectivity index (χ1v) is 10.8. The highest BCUT2D eigenvalue weighted by Crippen LogP contribution is 2.35. The first-order chi connectivity index (χ1) is 12.8. The smallest absolute Gasteiger partial charge is 0.265 e. The molecule has 1 amide bonds. The Kier molecular flexibility index (Phi) is 5.77. The van der Waals surface area contributed by atoms with E-state index in [2.05, 4.69) is 19.2 Å². The molecule has 0 fully saturated rings. The van der Waals surface area contributed by atoms with E-state index in [1.165, 1.54) is 16.4 Å². The van der Waals surface area contributed by atoms with Crippen LogP contribution in [0.4, 0.5) is 5.69 Å². The van der Waals surface area contributed by atoms with Crippen molar-refractivity contribution in [1.82, 2.24) is 5.32 Å². The lowest BCUT2D eigenvalue weighted by atomic mass is 10.1. The number of nitrogens with one attached hydrogen (secondary N) is 1. The number of rotatable bonds is 6. The van der Waals surface area contributed by atoms with Crippen LogP contribution in [0.15, 0.2) is 47.4 Å². The molecule has 1 heterocycles. The molecule has 0 saturated carbocycles. The number of benzene rings is 2. The first-order valence-electron chi connectivity index (χ1n) is 8.99. The van der Waals surface area contributed by atoms with Crippen LogP contribution in [0, 0.1) is 5.92 Å². The normalized spacial score (nSPS) is 13.7. The van der Waals surface area contributed by atoms with Gasteiger partial charge in [0.2, 0.25) is 0 Å². The SMILES string of the molecule is CC(C)CCNC(=O)c1ccc(Cl)c(S(=O)(=O)N2CCc3ccccc32)c1. The van der Waals surface area contributed by atoms with Crippen molar-refractivity contribution in [3.8, 4) is 0 Å². The highest BCUT2D eigenvalue weighted by molar-refractivity contribution is 7.93. The number of para-hydroxylation sites is 1. The number of hydrogen-bond donors (Lipinski definition) is 1. The van der Waals surface area contributed by atoms with Crippen molar-refractivity contribution in [2.24, 2.45) is 5.92 Å². The summed E-state index contributed by atoms with van der Waals surface area (Å²) in [4.78, 5) is 12.3. The maximum Gasteiger partial charge on any atom is 0.265 e. The van der Waals surface area contributed by atoms with E-state index in [1.807, 2.05) is 18.2 Å². The van der Waals surface area contributed by atoms with Gasteiger partial charge in [0.25, 0.3) is 15.9 Å². The molecule has 1 aliphatic heterocycles. The van der Waals surface area contributed by atoms with Gasteiger partial charge in [0.15, 0.2) is 0 Å². The zero-order valence-electron chi connectivity index (χ0n) is 15.4. The molecule has 0 aliphatic carbocycles. The zero-order valence-corrected chi connectivity index (χ0v) is 17.0. The summed E-state index contributed by atoms with van der Waals surface area (Å²) in [5, 5.41) is 2.93. The minimum Gasteiger partial charge on any atom is -0.352 e. The fourth-order valence-electron chi connectivity index (χ4n) is 3.10.